The van der Waals surface area contributed by atoms with Crippen molar-refractivity contribution in [1.29, 1.82) is 0 Å². The molecule has 1 atom stereocenters. The van der Waals surface area contributed by atoms with Crippen molar-refractivity contribution in [1.82, 2.24) is 15.2 Å². The van der Waals surface area contributed by atoms with Gasteiger partial charge < -0.3 is 5.32 Å². The maximum atomic E-state index is 12.9. The lowest BCUT2D eigenvalue weighted by molar-refractivity contribution is -0.116. The molecule has 1 amide bonds. The van der Waals surface area contributed by atoms with E-state index in [1.165, 1.54) is 23.9 Å². The number of nitrogens with zero attached hydrogens (tertiary/aromatic N) is 2. The molecule has 23 heavy (non-hydrogen) atoms. The van der Waals surface area contributed by atoms with Crippen LogP contribution < -0.4 is 5.32 Å². The molecule has 0 unspecified atom stereocenters. The Balaban J connectivity index is 2.07. The van der Waals surface area contributed by atoms with Crippen LogP contribution in [0.5, 0.6) is 0 Å². The first kappa shape index (κ1) is 17.5. The van der Waals surface area contributed by atoms with Crippen LogP contribution in [-0.4, -0.2) is 26.3 Å². The second-order valence-electron chi connectivity index (χ2n) is 5.94. The van der Waals surface area contributed by atoms with E-state index in [4.69, 9.17) is 0 Å². The average molecular weight is 336 g/mol. The van der Waals surface area contributed by atoms with Gasteiger partial charge in [-0.25, -0.2) is 9.37 Å². The third-order valence-corrected chi connectivity index (χ3v) is 4.64. The van der Waals surface area contributed by atoms with E-state index in [1.807, 2.05) is 27.7 Å². The van der Waals surface area contributed by atoms with Gasteiger partial charge in [0.05, 0.1) is 5.25 Å². The predicted octanol–water partition coefficient (Wildman–Crippen LogP) is 3.82. The fourth-order valence-electron chi connectivity index (χ4n) is 1.92. The Bertz CT molecular complexity index is 654. The number of rotatable bonds is 6. The lowest BCUT2D eigenvalue weighted by Crippen LogP contribution is -2.29. The Hall–Kier alpha value is -1.89. The summed E-state index contributed by atoms with van der Waals surface area (Å²) in [6, 6.07) is 5.71. The number of benzene rings is 1. The molecule has 7 heteroatoms. The van der Waals surface area contributed by atoms with E-state index in [1.54, 1.807) is 12.1 Å². The Morgan fingerprint density at radius 3 is 2.39 bits per heavy atom. The molecular weight excluding hydrogens is 315 g/mol. The van der Waals surface area contributed by atoms with Crippen LogP contribution in [0.1, 0.15) is 39.4 Å². The van der Waals surface area contributed by atoms with E-state index < -0.39 is 0 Å². The van der Waals surface area contributed by atoms with Crippen LogP contribution in [0.3, 0.4) is 0 Å². The summed E-state index contributed by atoms with van der Waals surface area (Å²) in [6.45, 7) is 7.99. The SMILES string of the molecule is CC(C)c1nc(S[C@@H](C(=O)Nc2ccc(F)cc2)C(C)C)n[nH]1. The summed E-state index contributed by atoms with van der Waals surface area (Å²) in [7, 11) is 0. The fraction of sp³-hybridized carbons (Fsp3) is 0.438. The molecule has 1 heterocycles. The molecule has 0 spiro atoms. The van der Waals surface area contributed by atoms with Crippen LogP contribution in [-0.2, 0) is 4.79 Å². The molecule has 1 aromatic carbocycles. The van der Waals surface area contributed by atoms with Crippen molar-refractivity contribution in [2.75, 3.05) is 5.32 Å². The number of halogens is 1. The summed E-state index contributed by atoms with van der Waals surface area (Å²) in [5, 5.41) is 10.1. The molecule has 0 aliphatic rings. The predicted molar refractivity (Wildman–Crippen MR) is 90.0 cm³/mol. The summed E-state index contributed by atoms with van der Waals surface area (Å²) >= 11 is 1.33. The monoisotopic (exact) mass is 336 g/mol. The Morgan fingerprint density at radius 1 is 1.22 bits per heavy atom. The molecule has 124 valence electrons. The van der Waals surface area contributed by atoms with Crippen molar-refractivity contribution in [3.63, 3.8) is 0 Å². The Morgan fingerprint density at radius 2 is 1.87 bits per heavy atom. The molecule has 0 aliphatic heterocycles. The molecule has 0 saturated carbocycles. The molecule has 0 aliphatic carbocycles. The number of hydrogen-bond donors (Lipinski definition) is 2. The highest BCUT2D eigenvalue weighted by atomic mass is 32.2. The number of aromatic nitrogens is 3. The smallest absolute Gasteiger partial charge is 0.238 e. The molecule has 5 nitrogen and oxygen atoms in total. The lowest BCUT2D eigenvalue weighted by Gasteiger charge is -2.18. The molecule has 2 rings (SSSR count). The number of aromatic amines is 1. The topological polar surface area (TPSA) is 70.7 Å². The molecule has 0 saturated heterocycles. The van der Waals surface area contributed by atoms with Gasteiger partial charge >= 0.3 is 0 Å². The molecule has 2 N–H and O–H groups in total. The van der Waals surface area contributed by atoms with E-state index in [-0.39, 0.29) is 28.8 Å². The molecular formula is C16H21FN4OS. The Kier molecular flexibility index (Phi) is 5.76. The van der Waals surface area contributed by atoms with E-state index in [2.05, 4.69) is 20.5 Å². The quantitative estimate of drug-likeness (QED) is 0.787. The third kappa shape index (κ3) is 4.79. The first-order valence-corrected chi connectivity index (χ1v) is 8.40. The highest BCUT2D eigenvalue weighted by Crippen LogP contribution is 2.27. The van der Waals surface area contributed by atoms with Crippen LogP contribution in [0.4, 0.5) is 10.1 Å². The molecule has 1 aromatic heterocycles. The van der Waals surface area contributed by atoms with Crippen LogP contribution in [0.25, 0.3) is 0 Å². The molecule has 0 bridgehead atoms. The summed E-state index contributed by atoms with van der Waals surface area (Å²) in [6.07, 6.45) is 0. The maximum absolute atomic E-state index is 12.9. The van der Waals surface area contributed by atoms with E-state index in [0.29, 0.717) is 10.8 Å². The second-order valence-corrected chi connectivity index (χ2v) is 7.05. The number of hydrogen-bond acceptors (Lipinski definition) is 4. The summed E-state index contributed by atoms with van der Waals surface area (Å²) < 4.78 is 12.9. The zero-order chi connectivity index (χ0) is 17.0. The maximum Gasteiger partial charge on any atom is 0.238 e. The highest BCUT2D eigenvalue weighted by molar-refractivity contribution is 8.00. The van der Waals surface area contributed by atoms with Gasteiger partial charge in [-0.3, -0.25) is 9.89 Å². The number of nitrogens with one attached hydrogen (secondary N) is 2. The van der Waals surface area contributed by atoms with Gasteiger partial charge in [-0.2, -0.15) is 0 Å². The van der Waals surface area contributed by atoms with Crippen LogP contribution >= 0.6 is 11.8 Å². The van der Waals surface area contributed by atoms with Gasteiger partial charge in [-0.05, 0) is 30.2 Å². The van der Waals surface area contributed by atoms with Gasteiger partial charge in [0.15, 0.2) is 0 Å². The standard InChI is InChI=1S/C16H21FN4OS/c1-9(2)13(23-16-19-14(10(3)4)20-21-16)15(22)18-12-7-5-11(17)6-8-12/h5-10,13H,1-4H3,(H,18,22)(H,19,20,21)/t13-/m1/s1. The normalized spacial score (nSPS) is 12.7. The number of thioether (sulfide) groups is 1. The first-order valence-electron chi connectivity index (χ1n) is 7.52. The van der Waals surface area contributed by atoms with E-state index in [0.717, 1.165) is 5.82 Å². The van der Waals surface area contributed by atoms with Crippen molar-refractivity contribution in [3.8, 4) is 0 Å². The van der Waals surface area contributed by atoms with Crippen LogP contribution in [0.2, 0.25) is 0 Å². The number of H-pyrrole nitrogens is 1. The second kappa shape index (κ2) is 7.59. The van der Waals surface area contributed by atoms with Crippen molar-refractivity contribution in [2.24, 2.45) is 5.92 Å². The number of amides is 1. The van der Waals surface area contributed by atoms with E-state index >= 15 is 0 Å². The Labute approximate surface area is 139 Å². The third-order valence-electron chi connectivity index (χ3n) is 3.24. The average Bonchev–Trinajstić information content (AvgIpc) is 2.95. The highest BCUT2D eigenvalue weighted by Gasteiger charge is 2.25. The molecule has 0 fully saturated rings. The molecule has 0 radical (unpaired) electrons. The minimum atomic E-state index is -0.337. The summed E-state index contributed by atoms with van der Waals surface area (Å²) in [4.78, 5) is 16.9. The van der Waals surface area contributed by atoms with Gasteiger partial charge in [0.1, 0.15) is 11.6 Å². The number of carbonyl (C=O) groups excluding carboxylic acids is 1. The van der Waals surface area contributed by atoms with Gasteiger partial charge in [-0.15, -0.1) is 5.10 Å². The minimum absolute atomic E-state index is 0.0986. The van der Waals surface area contributed by atoms with Crippen molar-refractivity contribution in [2.45, 2.75) is 44.0 Å². The van der Waals surface area contributed by atoms with E-state index in [9.17, 15) is 9.18 Å². The number of carbonyl (C=O) groups is 1. The van der Waals surface area contributed by atoms with Crippen LogP contribution in [0, 0.1) is 11.7 Å². The zero-order valence-electron chi connectivity index (χ0n) is 13.6. The van der Waals surface area contributed by atoms with Crippen molar-refractivity contribution >= 4 is 23.4 Å². The minimum Gasteiger partial charge on any atom is -0.325 e. The van der Waals surface area contributed by atoms with Crippen LogP contribution in [0.15, 0.2) is 29.4 Å². The van der Waals surface area contributed by atoms with Gasteiger partial charge in [0.2, 0.25) is 11.1 Å². The number of anilines is 1. The lowest BCUT2D eigenvalue weighted by atomic mass is 10.1. The summed E-state index contributed by atoms with van der Waals surface area (Å²) in [5.41, 5.74) is 0.570. The fourth-order valence-corrected chi connectivity index (χ4v) is 2.84. The molecule has 2 aromatic rings. The van der Waals surface area contributed by atoms with Gasteiger partial charge in [0.25, 0.3) is 0 Å². The van der Waals surface area contributed by atoms with Crippen molar-refractivity contribution in [3.05, 3.63) is 35.9 Å². The van der Waals surface area contributed by atoms with Crippen molar-refractivity contribution < 1.29 is 9.18 Å². The zero-order valence-corrected chi connectivity index (χ0v) is 14.4. The largest absolute Gasteiger partial charge is 0.325 e. The first-order chi connectivity index (χ1) is 10.9. The van der Waals surface area contributed by atoms with Gasteiger partial charge in [-0.1, -0.05) is 39.5 Å². The summed E-state index contributed by atoms with van der Waals surface area (Å²) in [5.74, 6) is 0.671. The van der Waals surface area contributed by atoms with Gasteiger partial charge in [0, 0.05) is 11.6 Å².